The molecule has 0 aliphatic carbocycles. The van der Waals surface area contributed by atoms with Crippen LogP contribution < -0.4 is 4.90 Å². The largest absolute Gasteiger partial charge is 0.382 e. The number of rotatable bonds is 3. The first-order valence-electron chi connectivity index (χ1n) is 8.88. The highest BCUT2D eigenvalue weighted by molar-refractivity contribution is 6.04. The van der Waals surface area contributed by atoms with Crippen LogP contribution in [0.15, 0.2) is 53.7 Å². The number of halogens is 2. The molecule has 0 aromatic heterocycles. The number of carbonyl (C=O) groups excluding carboxylic acids is 1. The molecule has 27 heavy (non-hydrogen) atoms. The Morgan fingerprint density at radius 2 is 1.52 bits per heavy atom. The highest BCUT2D eigenvalue weighted by atomic mass is 19.1. The normalized spacial score (nSPS) is 19.6. The van der Waals surface area contributed by atoms with E-state index in [9.17, 15) is 13.6 Å². The number of carbonyl (C=O) groups is 1. The van der Waals surface area contributed by atoms with Gasteiger partial charge in [-0.1, -0.05) is 17.3 Å². The van der Waals surface area contributed by atoms with E-state index < -0.39 is 6.10 Å². The first kappa shape index (κ1) is 17.5. The molecule has 0 unspecified atom stereocenters. The SMILES string of the molecule is O=C([C@@H]1CC(c2ccc(F)cc2)=NO1)N1CCN(c2ccc(F)cc2)CC1. The van der Waals surface area contributed by atoms with Crippen LogP contribution in [-0.2, 0) is 9.63 Å². The topological polar surface area (TPSA) is 45.1 Å². The smallest absolute Gasteiger partial charge is 0.267 e. The van der Waals surface area contributed by atoms with E-state index in [0.717, 1.165) is 11.3 Å². The maximum Gasteiger partial charge on any atom is 0.267 e. The van der Waals surface area contributed by atoms with E-state index in [1.165, 1.54) is 24.3 Å². The maximum absolute atomic E-state index is 13.1. The summed E-state index contributed by atoms with van der Waals surface area (Å²) in [7, 11) is 0. The standard InChI is InChI=1S/C20H19F2N3O2/c21-15-3-1-14(2-4-15)18-13-19(27-23-18)20(26)25-11-9-24(10-12-25)17-7-5-16(22)6-8-17/h1-8,19H,9-13H2/t19-/m0/s1. The Balaban J connectivity index is 1.32. The van der Waals surface area contributed by atoms with Crippen molar-refractivity contribution in [2.75, 3.05) is 31.1 Å². The second kappa shape index (κ2) is 7.34. The summed E-state index contributed by atoms with van der Waals surface area (Å²) < 4.78 is 26.1. The summed E-state index contributed by atoms with van der Waals surface area (Å²) in [5, 5.41) is 4.00. The molecule has 0 spiro atoms. The highest BCUT2D eigenvalue weighted by Gasteiger charge is 2.33. The van der Waals surface area contributed by atoms with Crippen LogP contribution in [0.4, 0.5) is 14.5 Å². The molecular weight excluding hydrogens is 352 g/mol. The predicted octanol–water partition coefficient (Wildman–Crippen LogP) is 2.81. The summed E-state index contributed by atoms with van der Waals surface area (Å²) in [6.07, 6.45) is -0.259. The Kier molecular flexibility index (Phi) is 4.75. The van der Waals surface area contributed by atoms with Gasteiger partial charge in [-0.05, 0) is 42.0 Å². The van der Waals surface area contributed by atoms with E-state index in [0.29, 0.717) is 38.3 Å². The lowest BCUT2D eigenvalue weighted by atomic mass is 10.0. The van der Waals surface area contributed by atoms with E-state index in [1.807, 2.05) is 0 Å². The second-order valence-corrected chi connectivity index (χ2v) is 6.63. The first-order valence-corrected chi connectivity index (χ1v) is 8.88. The van der Waals surface area contributed by atoms with Crippen LogP contribution in [-0.4, -0.2) is 48.8 Å². The van der Waals surface area contributed by atoms with Gasteiger partial charge in [0.15, 0.2) is 0 Å². The molecule has 2 aliphatic rings. The van der Waals surface area contributed by atoms with E-state index in [2.05, 4.69) is 10.1 Å². The Labute approximate surface area is 155 Å². The van der Waals surface area contributed by atoms with E-state index in [1.54, 1.807) is 29.2 Å². The summed E-state index contributed by atoms with van der Waals surface area (Å²) in [6.45, 7) is 2.50. The molecule has 0 radical (unpaired) electrons. The van der Waals surface area contributed by atoms with Crippen molar-refractivity contribution in [3.63, 3.8) is 0 Å². The molecule has 7 heteroatoms. The molecule has 0 bridgehead atoms. The highest BCUT2D eigenvalue weighted by Crippen LogP contribution is 2.21. The van der Waals surface area contributed by atoms with Gasteiger partial charge in [-0.25, -0.2) is 8.78 Å². The summed E-state index contributed by atoms with van der Waals surface area (Å²) in [4.78, 5) is 22.0. The number of amides is 1. The van der Waals surface area contributed by atoms with Crippen LogP contribution >= 0.6 is 0 Å². The Bertz CT molecular complexity index is 845. The van der Waals surface area contributed by atoms with Crippen molar-refractivity contribution in [1.82, 2.24) is 4.90 Å². The lowest BCUT2D eigenvalue weighted by Gasteiger charge is -2.36. The number of benzene rings is 2. The van der Waals surface area contributed by atoms with Crippen molar-refractivity contribution < 1.29 is 18.4 Å². The van der Waals surface area contributed by atoms with E-state index in [4.69, 9.17) is 4.84 Å². The van der Waals surface area contributed by atoms with Gasteiger partial charge in [-0.3, -0.25) is 4.79 Å². The Hall–Kier alpha value is -2.96. The van der Waals surface area contributed by atoms with Gasteiger partial charge in [0.25, 0.3) is 5.91 Å². The fourth-order valence-corrected chi connectivity index (χ4v) is 3.36. The third kappa shape index (κ3) is 3.77. The number of hydrogen-bond donors (Lipinski definition) is 0. The lowest BCUT2D eigenvalue weighted by molar-refractivity contribution is -0.142. The fraction of sp³-hybridized carbons (Fsp3) is 0.300. The van der Waals surface area contributed by atoms with Crippen LogP contribution in [0, 0.1) is 11.6 Å². The summed E-state index contributed by atoms with van der Waals surface area (Å²) in [5.41, 5.74) is 2.36. The summed E-state index contributed by atoms with van der Waals surface area (Å²) in [6, 6.07) is 12.4. The van der Waals surface area contributed by atoms with Gasteiger partial charge in [-0.2, -0.15) is 0 Å². The van der Waals surface area contributed by atoms with Crippen molar-refractivity contribution in [3.8, 4) is 0 Å². The zero-order valence-corrected chi connectivity index (χ0v) is 14.6. The van der Waals surface area contributed by atoms with Crippen molar-refractivity contribution >= 4 is 17.3 Å². The van der Waals surface area contributed by atoms with Gasteiger partial charge >= 0.3 is 0 Å². The lowest BCUT2D eigenvalue weighted by Crippen LogP contribution is -2.51. The minimum absolute atomic E-state index is 0.0883. The molecule has 0 saturated carbocycles. The predicted molar refractivity (Wildman–Crippen MR) is 97.6 cm³/mol. The third-order valence-electron chi connectivity index (χ3n) is 4.90. The summed E-state index contributed by atoms with van der Waals surface area (Å²) in [5.74, 6) is -0.664. The van der Waals surface area contributed by atoms with Gasteiger partial charge < -0.3 is 14.6 Å². The van der Waals surface area contributed by atoms with Crippen molar-refractivity contribution in [2.24, 2.45) is 5.16 Å². The zero-order chi connectivity index (χ0) is 18.8. The van der Waals surface area contributed by atoms with Gasteiger partial charge in [0, 0.05) is 38.3 Å². The molecule has 5 nitrogen and oxygen atoms in total. The average Bonchev–Trinajstić information content (AvgIpc) is 3.19. The number of nitrogens with zero attached hydrogens (tertiary/aromatic N) is 3. The fourth-order valence-electron chi connectivity index (χ4n) is 3.36. The van der Waals surface area contributed by atoms with Gasteiger partial charge in [-0.15, -0.1) is 0 Å². The number of hydrogen-bond acceptors (Lipinski definition) is 4. The van der Waals surface area contributed by atoms with Gasteiger partial charge in [0.1, 0.15) is 11.6 Å². The number of piperazine rings is 1. The maximum atomic E-state index is 13.1. The van der Waals surface area contributed by atoms with Crippen molar-refractivity contribution in [1.29, 1.82) is 0 Å². The molecule has 140 valence electrons. The van der Waals surface area contributed by atoms with Crippen LogP contribution in [0.3, 0.4) is 0 Å². The first-order chi connectivity index (χ1) is 13.1. The van der Waals surface area contributed by atoms with Gasteiger partial charge in [0.05, 0.1) is 5.71 Å². The minimum atomic E-state index is -0.637. The molecule has 2 heterocycles. The molecule has 0 N–H and O–H groups in total. The molecule has 1 fully saturated rings. The van der Waals surface area contributed by atoms with Crippen molar-refractivity contribution in [3.05, 3.63) is 65.7 Å². The molecular formula is C20H19F2N3O2. The van der Waals surface area contributed by atoms with E-state index >= 15 is 0 Å². The third-order valence-corrected chi connectivity index (χ3v) is 4.90. The minimum Gasteiger partial charge on any atom is -0.382 e. The van der Waals surface area contributed by atoms with Crippen LogP contribution in [0.1, 0.15) is 12.0 Å². The quantitative estimate of drug-likeness (QED) is 0.834. The molecule has 1 saturated heterocycles. The molecule has 1 atom stereocenters. The number of oxime groups is 1. The van der Waals surface area contributed by atoms with Gasteiger partial charge in [0.2, 0.25) is 6.10 Å². The monoisotopic (exact) mass is 371 g/mol. The Morgan fingerprint density at radius 3 is 2.15 bits per heavy atom. The molecule has 4 rings (SSSR count). The molecule has 1 amide bonds. The van der Waals surface area contributed by atoms with Crippen LogP contribution in [0.5, 0.6) is 0 Å². The zero-order valence-electron chi connectivity index (χ0n) is 14.6. The average molecular weight is 371 g/mol. The van der Waals surface area contributed by atoms with Crippen molar-refractivity contribution in [2.45, 2.75) is 12.5 Å². The number of anilines is 1. The van der Waals surface area contributed by atoms with Crippen LogP contribution in [0.2, 0.25) is 0 Å². The second-order valence-electron chi connectivity index (χ2n) is 6.63. The Morgan fingerprint density at radius 1 is 0.926 bits per heavy atom. The molecule has 2 aromatic carbocycles. The van der Waals surface area contributed by atoms with Crippen LogP contribution in [0.25, 0.3) is 0 Å². The van der Waals surface area contributed by atoms with E-state index in [-0.39, 0.29) is 17.5 Å². The molecule has 2 aromatic rings. The molecule has 2 aliphatic heterocycles. The summed E-state index contributed by atoms with van der Waals surface area (Å²) >= 11 is 0.